The third-order valence-electron chi connectivity index (χ3n) is 3.04. The van der Waals surface area contributed by atoms with Gasteiger partial charge in [-0.05, 0) is 37.6 Å². The second-order valence-corrected chi connectivity index (χ2v) is 8.08. The predicted molar refractivity (Wildman–Crippen MR) is 71.3 cm³/mol. The Labute approximate surface area is 106 Å². The molecule has 1 atom stereocenters. The lowest BCUT2D eigenvalue weighted by Crippen LogP contribution is -2.40. The SMILES string of the molecule is CC(C)(C)CS(=O)(=O)N1CCCC1CCCN. The van der Waals surface area contributed by atoms with Crippen LogP contribution >= 0.6 is 0 Å². The van der Waals surface area contributed by atoms with Crippen molar-refractivity contribution in [2.45, 2.75) is 52.5 Å². The van der Waals surface area contributed by atoms with Gasteiger partial charge in [-0.1, -0.05) is 20.8 Å². The highest BCUT2D eigenvalue weighted by molar-refractivity contribution is 7.89. The van der Waals surface area contributed by atoms with Gasteiger partial charge in [-0.3, -0.25) is 0 Å². The Balaban J connectivity index is 2.69. The molecular formula is C12H26N2O2S. The molecule has 1 aliphatic heterocycles. The fourth-order valence-corrected chi connectivity index (χ4v) is 4.78. The van der Waals surface area contributed by atoms with Crippen LogP contribution in [-0.2, 0) is 10.0 Å². The van der Waals surface area contributed by atoms with Crippen LogP contribution in [0, 0.1) is 5.41 Å². The van der Waals surface area contributed by atoms with E-state index >= 15 is 0 Å². The largest absolute Gasteiger partial charge is 0.330 e. The third-order valence-corrected chi connectivity index (χ3v) is 5.46. The number of hydrogen-bond acceptors (Lipinski definition) is 3. The van der Waals surface area contributed by atoms with Crippen LogP contribution < -0.4 is 5.73 Å². The molecule has 0 spiro atoms. The molecule has 1 saturated heterocycles. The molecule has 0 amide bonds. The molecule has 17 heavy (non-hydrogen) atoms. The molecule has 0 radical (unpaired) electrons. The molecule has 0 saturated carbocycles. The summed E-state index contributed by atoms with van der Waals surface area (Å²) in [4.78, 5) is 0. The maximum atomic E-state index is 12.3. The summed E-state index contributed by atoms with van der Waals surface area (Å²) in [6.07, 6.45) is 3.79. The van der Waals surface area contributed by atoms with Crippen LogP contribution in [0.1, 0.15) is 46.5 Å². The molecule has 1 aliphatic rings. The fourth-order valence-electron chi connectivity index (χ4n) is 2.45. The smallest absolute Gasteiger partial charge is 0.214 e. The molecular weight excluding hydrogens is 236 g/mol. The monoisotopic (exact) mass is 262 g/mol. The Bertz CT molecular complexity index is 333. The number of sulfonamides is 1. The standard InChI is InChI=1S/C12H26N2O2S/c1-12(2,3)10-17(15,16)14-9-5-7-11(14)6-4-8-13/h11H,4-10,13H2,1-3H3. The number of rotatable bonds is 5. The van der Waals surface area contributed by atoms with Crippen LogP contribution in [0.15, 0.2) is 0 Å². The van der Waals surface area contributed by atoms with Crippen LogP contribution in [0.25, 0.3) is 0 Å². The van der Waals surface area contributed by atoms with Crippen molar-refractivity contribution in [3.8, 4) is 0 Å². The van der Waals surface area contributed by atoms with Gasteiger partial charge in [0.25, 0.3) is 0 Å². The predicted octanol–water partition coefficient (Wildman–Crippen LogP) is 1.57. The van der Waals surface area contributed by atoms with Gasteiger partial charge in [-0.15, -0.1) is 0 Å². The fraction of sp³-hybridized carbons (Fsp3) is 1.00. The highest BCUT2D eigenvalue weighted by atomic mass is 32.2. The van der Waals surface area contributed by atoms with Gasteiger partial charge in [-0.25, -0.2) is 8.42 Å². The Hall–Kier alpha value is -0.130. The number of nitrogens with two attached hydrogens (primary N) is 1. The normalized spacial score (nSPS) is 23.2. The van der Waals surface area contributed by atoms with E-state index in [1.54, 1.807) is 4.31 Å². The second kappa shape index (κ2) is 5.67. The van der Waals surface area contributed by atoms with Crippen LogP contribution in [0.2, 0.25) is 0 Å². The summed E-state index contributed by atoms with van der Waals surface area (Å²) in [6.45, 7) is 7.23. The Kier molecular flexibility index (Phi) is 4.98. The maximum absolute atomic E-state index is 12.3. The average Bonchev–Trinajstić information content (AvgIpc) is 2.59. The molecule has 0 aromatic rings. The van der Waals surface area contributed by atoms with Crippen molar-refractivity contribution in [3.05, 3.63) is 0 Å². The van der Waals surface area contributed by atoms with E-state index in [0.717, 1.165) is 25.7 Å². The molecule has 5 heteroatoms. The first kappa shape index (κ1) is 14.9. The molecule has 102 valence electrons. The van der Waals surface area contributed by atoms with Crippen LogP contribution in [0.4, 0.5) is 0 Å². The van der Waals surface area contributed by atoms with E-state index in [0.29, 0.717) is 13.1 Å². The van der Waals surface area contributed by atoms with E-state index < -0.39 is 10.0 Å². The lowest BCUT2D eigenvalue weighted by Gasteiger charge is -2.28. The highest BCUT2D eigenvalue weighted by Crippen LogP contribution is 2.28. The van der Waals surface area contributed by atoms with E-state index in [4.69, 9.17) is 5.73 Å². The van der Waals surface area contributed by atoms with Gasteiger partial charge < -0.3 is 5.73 Å². The van der Waals surface area contributed by atoms with Crippen molar-refractivity contribution < 1.29 is 8.42 Å². The lowest BCUT2D eigenvalue weighted by molar-refractivity contribution is 0.353. The summed E-state index contributed by atoms with van der Waals surface area (Å²) in [5, 5.41) is 0. The summed E-state index contributed by atoms with van der Waals surface area (Å²) in [6, 6.07) is 0.186. The Morgan fingerprint density at radius 1 is 1.35 bits per heavy atom. The zero-order chi connectivity index (χ0) is 13.1. The van der Waals surface area contributed by atoms with Gasteiger partial charge in [0.2, 0.25) is 10.0 Å². The van der Waals surface area contributed by atoms with Gasteiger partial charge in [-0.2, -0.15) is 4.31 Å². The molecule has 1 unspecified atom stereocenters. The molecule has 1 rings (SSSR count). The Morgan fingerprint density at radius 2 is 2.00 bits per heavy atom. The first-order valence-electron chi connectivity index (χ1n) is 6.46. The molecule has 1 heterocycles. The van der Waals surface area contributed by atoms with Crippen molar-refractivity contribution in [1.82, 2.24) is 4.31 Å². The van der Waals surface area contributed by atoms with Crippen molar-refractivity contribution in [3.63, 3.8) is 0 Å². The third kappa shape index (κ3) is 4.56. The molecule has 0 bridgehead atoms. The summed E-state index contributed by atoms with van der Waals surface area (Å²) < 4.78 is 26.3. The van der Waals surface area contributed by atoms with Crippen molar-refractivity contribution in [2.75, 3.05) is 18.8 Å². The summed E-state index contributed by atoms with van der Waals surface area (Å²) >= 11 is 0. The molecule has 0 aromatic heterocycles. The Morgan fingerprint density at radius 3 is 2.53 bits per heavy atom. The molecule has 0 aliphatic carbocycles. The summed E-state index contributed by atoms with van der Waals surface area (Å²) in [5.41, 5.74) is 5.31. The van der Waals surface area contributed by atoms with Crippen LogP contribution in [0.5, 0.6) is 0 Å². The molecule has 1 fully saturated rings. The van der Waals surface area contributed by atoms with Crippen LogP contribution in [0.3, 0.4) is 0 Å². The van der Waals surface area contributed by atoms with Crippen molar-refractivity contribution in [2.24, 2.45) is 11.1 Å². The van der Waals surface area contributed by atoms with E-state index in [1.807, 2.05) is 20.8 Å². The maximum Gasteiger partial charge on any atom is 0.214 e. The molecule has 2 N–H and O–H groups in total. The van der Waals surface area contributed by atoms with Gasteiger partial charge in [0.05, 0.1) is 5.75 Å². The number of hydrogen-bond donors (Lipinski definition) is 1. The molecule has 0 aromatic carbocycles. The van der Waals surface area contributed by atoms with Crippen molar-refractivity contribution in [1.29, 1.82) is 0 Å². The minimum absolute atomic E-state index is 0.181. The molecule has 4 nitrogen and oxygen atoms in total. The highest BCUT2D eigenvalue weighted by Gasteiger charge is 2.35. The van der Waals surface area contributed by atoms with Crippen LogP contribution in [-0.4, -0.2) is 37.6 Å². The van der Waals surface area contributed by atoms with Gasteiger partial charge in [0.1, 0.15) is 0 Å². The van der Waals surface area contributed by atoms with E-state index in [-0.39, 0.29) is 17.2 Å². The van der Waals surface area contributed by atoms with E-state index in [2.05, 4.69) is 0 Å². The lowest BCUT2D eigenvalue weighted by atomic mass is 10.0. The van der Waals surface area contributed by atoms with E-state index in [1.165, 1.54) is 0 Å². The topological polar surface area (TPSA) is 63.4 Å². The van der Waals surface area contributed by atoms with E-state index in [9.17, 15) is 8.42 Å². The van der Waals surface area contributed by atoms with Gasteiger partial charge in [0, 0.05) is 12.6 Å². The average molecular weight is 262 g/mol. The first-order chi connectivity index (χ1) is 7.76. The summed E-state index contributed by atoms with van der Waals surface area (Å²) in [5.74, 6) is 0.235. The second-order valence-electron chi connectivity index (χ2n) is 6.15. The summed E-state index contributed by atoms with van der Waals surface area (Å²) in [7, 11) is -3.10. The van der Waals surface area contributed by atoms with Gasteiger partial charge in [0.15, 0.2) is 0 Å². The minimum Gasteiger partial charge on any atom is -0.330 e. The quantitative estimate of drug-likeness (QED) is 0.818. The zero-order valence-electron chi connectivity index (χ0n) is 11.3. The minimum atomic E-state index is -3.10. The first-order valence-corrected chi connectivity index (χ1v) is 8.07. The van der Waals surface area contributed by atoms with Gasteiger partial charge >= 0.3 is 0 Å². The zero-order valence-corrected chi connectivity index (χ0v) is 12.1. The van der Waals surface area contributed by atoms with Crippen molar-refractivity contribution >= 4 is 10.0 Å². The number of nitrogens with zero attached hydrogens (tertiary/aromatic N) is 1.